The zero-order chi connectivity index (χ0) is 11.1. The normalized spacial score (nSPS) is 21.8. The Morgan fingerprint density at radius 1 is 1.40 bits per heavy atom. The monoisotopic (exact) mass is 230 g/mol. The van der Waals surface area contributed by atoms with E-state index >= 15 is 0 Å². The van der Waals surface area contributed by atoms with Gasteiger partial charge in [-0.2, -0.15) is 11.8 Å². The molecular formula is C12H26N2S. The quantitative estimate of drug-likeness (QED) is 0.753. The maximum absolute atomic E-state index is 3.69. The molecule has 0 aromatic carbocycles. The molecule has 1 heterocycles. The third-order valence-corrected chi connectivity index (χ3v) is 4.46. The van der Waals surface area contributed by atoms with Gasteiger partial charge in [-0.3, -0.25) is 0 Å². The molecule has 0 amide bonds. The molecule has 0 spiro atoms. The van der Waals surface area contributed by atoms with Crippen molar-refractivity contribution in [2.75, 3.05) is 32.4 Å². The number of nitrogens with zero attached hydrogens (tertiary/aromatic N) is 1. The van der Waals surface area contributed by atoms with Crippen LogP contribution in [0.15, 0.2) is 0 Å². The van der Waals surface area contributed by atoms with Crippen LogP contribution in [0.3, 0.4) is 0 Å². The standard InChI is InChI=1S/C12H26N2S/c1-4-14-9-6-12(7-10-14)13-8-5-11(2)15-3/h11-13H,4-10H2,1-3H3. The van der Waals surface area contributed by atoms with Gasteiger partial charge in [-0.1, -0.05) is 13.8 Å². The molecule has 0 aromatic heterocycles. The highest BCUT2D eigenvalue weighted by Crippen LogP contribution is 2.11. The summed E-state index contributed by atoms with van der Waals surface area (Å²) >= 11 is 1.97. The Morgan fingerprint density at radius 3 is 2.60 bits per heavy atom. The smallest absolute Gasteiger partial charge is 0.00914 e. The van der Waals surface area contributed by atoms with Gasteiger partial charge in [0.15, 0.2) is 0 Å². The molecule has 2 nitrogen and oxygen atoms in total. The topological polar surface area (TPSA) is 15.3 Å². The molecule has 1 N–H and O–H groups in total. The summed E-state index contributed by atoms with van der Waals surface area (Å²) < 4.78 is 0. The molecule has 0 bridgehead atoms. The van der Waals surface area contributed by atoms with Crippen molar-refractivity contribution in [1.82, 2.24) is 10.2 Å². The van der Waals surface area contributed by atoms with Crippen molar-refractivity contribution in [3.8, 4) is 0 Å². The minimum absolute atomic E-state index is 0.779. The van der Waals surface area contributed by atoms with E-state index in [0.29, 0.717) is 0 Å². The van der Waals surface area contributed by atoms with Crippen LogP contribution < -0.4 is 5.32 Å². The van der Waals surface area contributed by atoms with Crippen LogP contribution in [-0.2, 0) is 0 Å². The van der Waals surface area contributed by atoms with E-state index in [-0.39, 0.29) is 0 Å². The van der Waals surface area contributed by atoms with E-state index in [4.69, 9.17) is 0 Å². The van der Waals surface area contributed by atoms with Crippen LogP contribution in [0.1, 0.15) is 33.1 Å². The zero-order valence-corrected chi connectivity index (χ0v) is 11.3. The third-order valence-electron chi connectivity index (χ3n) is 3.42. The summed E-state index contributed by atoms with van der Waals surface area (Å²) in [6, 6.07) is 0.779. The molecule has 0 aliphatic carbocycles. The van der Waals surface area contributed by atoms with Gasteiger partial charge < -0.3 is 10.2 Å². The largest absolute Gasteiger partial charge is 0.314 e. The zero-order valence-electron chi connectivity index (χ0n) is 10.5. The highest BCUT2D eigenvalue weighted by Gasteiger charge is 2.17. The van der Waals surface area contributed by atoms with Gasteiger partial charge in [0, 0.05) is 11.3 Å². The van der Waals surface area contributed by atoms with Gasteiger partial charge in [-0.25, -0.2) is 0 Å². The Morgan fingerprint density at radius 2 is 2.07 bits per heavy atom. The summed E-state index contributed by atoms with van der Waals surface area (Å²) in [6.07, 6.45) is 6.17. The van der Waals surface area contributed by atoms with Crippen LogP contribution in [-0.4, -0.2) is 48.6 Å². The molecule has 0 aromatic rings. The van der Waals surface area contributed by atoms with Crippen LogP contribution in [0, 0.1) is 0 Å². The fourth-order valence-electron chi connectivity index (χ4n) is 2.06. The predicted octanol–water partition coefficient (Wildman–Crippen LogP) is 2.20. The Balaban J connectivity index is 2.03. The van der Waals surface area contributed by atoms with Crippen LogP contribution in [0.4, 0.5) is 0 Å². The summed E-state index contributed by atoms with van der Waals surface area (Å²) in [5.41, 5.74) is 0. The first-order chi connectivity index (χ1) is 7.26. The Bertz CT molecular complexity index is 156. The summed E-state index contributed by atoms with van der Waals surface area (Å²) in [6.45, 7) is 9.55. The van der Waals surface area contributed by atoms with Crippen LogP contribution in [0.2, 0.25) is 0 Å². The molecule has 1 aliphatic rings. The maximum Gasteiger partial charge on any atom is 0.00914 e. The molecule has 3 heteroatoms. The number of likely N-dealkylation sites (tertiary alicyclic amines) is 1. The van der Waals surface area contributed by atoms with E-state index in [1.165, 1.54) is 45.4 Å². The van der Waals surface area contributed by atoms with E-state index in [1.54, 1.807) is 0 Å². The van der Waals surface area contributed by atoms with Gasteiger partial charge in [-0.15, -0.1) is 0 Å². The van der Waals surface area contributed by atoms with Gasteiger partial charge in [0.1, 0.15) is 0 Å². The number of piperidine rings is 1. The van der Waals surface area contributed by atoms with Gasteiger partial charge in [0.25, 0.3) is 0 Å². The molecule has 1 fully saturated rings. The molecule has 90 valence electrons. The Kier molecular flexibility index (Phi) is 6.69. The minimum Gasteiger partial charge on any atom is -0.314 e. The van der Waals surface area contributed by atoms with Crippen molar-refractivity contribution in [2.45, 2.75) is 44.4 Å². The van der Waals surface area contributed by atoms with E-state index in [1.807, 2.05) is 11.8 Å². The minimum atomic E-state index is 0.779. The van der Waals surface area contributed by atoms with Gasteiger partial charge in [-0.05, 0) is 51.7 Å². The SMILES string of the molecule is CCN1CCC(NCCC(C)SC)CC1. The highest BCUT2D eigenvalue weighted by molar-refractivity contribution is 7.99. The lowest BCUT2D eigenvalue weighted by molar-refractivity contribution is 0.206. The molecule has 0 saturated carbocycles. The second-order valence-electron chi connectivity index (χ2n) is 4.50. The van der Waals surface area contributed by atoms with Crippen LogP contribution >= 0.6 is 11.8 Å². The van der Waals surface area contributed by atoms with Crippen molar-refractivity contribution < 1.29 is 0 Å². The summed E-state index contributed by atoms with van der Waals surface area (Å²) in [7, 11) is 0. The molecule has 15 heavy (non-hydrogen) atoms. The lowest BCUT2D eigenvalue weighted by atomic mass is 10.1. The Hall–Kier alpha value is 0.270. The lowest BCUT2D eigenvalue weighted by Gasteiger charge is -2.31. The van der Waals surface area contributed by atoms with E-state index in [0.717, 1.165) is 11.3 Å². The average Bonchev–Trinajstić information content (AvgIpc) is 2.29. The van der Waals surface area contributed by atoms with Crippen molar-refractivity contribution in [3.05, 3.63) is 0 Å². The van der Waals surface area contributed by atoms with Gasteiger partial charge in [0.2, 0.25) is 0 Å². The van der Waals surface area contributed by atoms with Crippen molar-refractivity contribution in [2.24, 2.45) is 0 Å². The van der Waals surface area contributed by atoms with Crippen LogP contribution in [0.5, 0.6) is 0 Å². The Labute approximate surface area is 99.2 Å². The number of thioether (sulfide) groups is 1. The van der Waals surface area contributed by atoms with E-state index < -0.39 is 0 Å². The van der Waals surface area contributed by atoms with Gasteiger partial charge in [0.05, 0.1) is 0 Å². The molecule has 1 unspecified atom stereocenters. The van der Waals surface area contributed by atoms with Crippen molar-refractivity contribution in [1.29, 1.82) is 0 Å². The fraction of sp³-hybridized carbons (Fsp3) is 1.00. The molecular weight excluding hydrogens is 204 g/mol. The number of nitrogens with one attached hydrogen (secondary N) is 1. The summed E-state index contributed by atoms with van der Waals surface area (Å²) in [5.74, 6) is 0. The first-order valence-electron chi connectivity index (χ1n) is 6.24. The molecule has 1 atom stereocenters. The van der Waals surface area contributed by atoms with Crippen molar-refractivity contribution in [3.63, 3.8) is 0 Å². The first kappa shape index (κ1) is 13.3. The van der Waals surface area contributed by atoms with Crippen LogP contribution in [0.25, 0.3) is 0 Å². The second kappa shape index (κ2) is 7.53. The second-order valence-corrected chi connectivity index (χ2v) is 5.77. The number of rotatable bonds is 6. The molecule has 1 saturated heterocycles. The van der Waals surface area contributed by atoms with Crippen molar-refractivity contribution >= 4 is 11.8 Å². The maximum atomic E-state index is 3.69. The number of hydrogen-bond donors (Lipinski definition) is 1. The van der Waals surface area contributed by atoms with E-state index in [9.17, 15) is 0 Å². The van der Waals surface area contributed by atoms with E-state index in [2.05, 4.69) is 30.3 Å². The fourth-order valence-corrected chi connectivity index (χ4v) is 2.42. The first-order valence-corrected chi connectivity index (χ1v) is 7.53. The lowest BCUT2D eigenvalue weighted by Crippen LogP contribution is -2.42. The molecule has 1 rings (SSSR count). The highest BCUT2D eigenvalue weighted by atomic mass is 32.2. The average molecular weight is 230 g/mol. The third kappa shape index (κ3) is 5.23. The van der Waals surface area contributed by atoms with Gasteiger partial charge >= 0.3 is 0 Å². The predicted molar refractivity (Wildman–Crippen MR) is 70.7 cm³/mol. The molecule has 1 aliphatic heterocycles. The summed E-state index contributed by atoms with van der Waals surface area (Å²) in [5, 5.41) is 4.49. The summed E-state index contributed by atoms with van der Waals surface area (Å²) in [4.78, 5) is 2.54. The molecule has 0 radical (unpaired) electrons. The number of hydrogen-bond acceptors (Lipinski definition) is 3.